The molecule has 0 spiro atoms. The quantitative estimate of drug-likeness (QED) is 0.167. The minimum absolute atomic E-state index is 0.452. The Morgan fingerprint density at radius 2 is 1.48 bits per heavy atom. The monoisotopic (exact) mass is 543 g/mol. The van der Waals surface area contributed by atoms with Gasteiger partial charge in [-0.25, -0.2) is 4.98 Å². The fraction of sp³-hybridized carbons (Fsp3) is 0.429. The van der Waals surface area contributed by atoms with Crippen LogP contribution >= 0.6 is 0 Å². The van der Waals surface area contributed by atoms with Gasteiger partial charge in [0.1, 0.15) is 5.82 Å². The molecule has 0 bridgehead atoms. The molecular formula is C35H53N5. The number of benzene rings is 2. The van der Waals surface area contributed by atoms with Crippen LogP contribution in [0.2, 0.25) is 0 Å². The summed E-state index contributed by atoms with van der Waals surface area (Å²) in [5, 5.41) is 18.5. The summed E-state index contributed by atoms with van der Waals surface area (Å²) in [6, 6.07) is 25.9. The number of rotatable bonds is 11. The normalized spacial score (nSPS) is 9.53. The van der Waals surface area contributed by atoms with Gasteiger partial charge in [-0.15, -0.1) is 12.3 Å². The highest BCUT2D eigenvalue weighted by Gasteiger charge is 2.04. The van der Waals surface area contributed by atoms with Gasteiger partial charge in [0.2, 0.25) is 0 Å². The summed E-state index contributed by atoms with van der Waals surface area (Å²) in [5.41, 5.74) is 3.05. The summed E-state index contributed by atoms with van der Waals surface area (Å²) in [6.07, 6.45) is 11.2. The van der Waals surface area contributed by atoms with Crippen LogP contribution in [-0.2, 0) is 0 Å². The number of pyridine rings is 1. The van der Waals surface area contributed by atoms with Crippen molar-refractivity contribution >= 4 is 11.5 Å². The Kier molecular flexibility index (Phi) is 28.5. The summed E-state index contributed by atoms with van der Waals surface area (Å²) >= 11 is 0. The first-order valence-electron chi connectivity index (χ1n) is 14.7. The summed E-state index contributed by atoms with van der Waals surface area (Å²) in [4.78, 5) is 4.20. The van der Waals surface area contributed by atoms with Gasteiger partial charge in [-0.1, -0.05) is 96.5 Å². The van der Waals surface area contributed by atoms with Crippen LogP contribution in [0.4, 0.5) is 11.5 Å². The lowest BCUT2D eigenvalue weighted by atomic mass is 10.00. The number of nitriles is 1. The predicted molar refractivity (Wildman–Crippen MR) is 177 cm³/mol. The van der Waals surface area contributed by atoms with Gasteiger partial charge >= 0.3 is 0 Å². The maximum atomic E-state index is 8.71. The van der Waals surface area contributed by atoms with Crippen molar-refractivity contribution in [3.63, 3.8) is 0 Å². The Balaban J connectivity index is 0. The molecule has 1 atom stereocenters. The van der Waals surface area contributed by atoms with Gasteiger partial charge in [-0.2, -0.15) is 5.26 Å². The smallest absolute Gasteiger partial charge is 0.149 e. The average molecular weight is 544 g/mol. The largest absolute Gasteiger partial charge is 0.382 e. The first-order chi connectivity index (χ1) is 19.7. The average Bonchev–Trinajstić information content (AvgIpc) is 3.04. The lowest BCUT2D eigenvalue weighted by molar-refractivity contribution is 0.601. The maximum absolute atomic E-state index is 8.71. The number of terminal acetylenes is 1. The van der Waals surface area contributed by atoms with Crippen LogP contribution in [0.3, 0.4) is 0 Å². The molecule has 2 aromatic carbocycles. The Bertz CT molecular complexity index is 978. The Labute approximate surface area is 245 Å². The molecule has 3 N–H and O–H groups in total. The number of hydrogen-bond acceptors (Lipinski definition) is 5. The third-order valence-electron chi connectivity index (χ3n) is 5.29. The number of unbranched alkanes of at least 4 members (excludes halogenated alkanes) is 2. The summed E-state index contributed by atoms with van der Waals surface area (Å²) in [5.74, 6) is 4.00. The first kappa shape index (κ1) is 38.3. The fourth-order valence-electron chi connectivity index (χ4n) is 3.17. The van der Waals surface area contributed by atoms with E-state index in [9.17, 15) is 0 Å². The van der Waals surface area contributed by atoms with Crippen LogP contribution in [0.5, 0.6) is 0 Å². The number of aromatic nitrogens is 1. The van der Waals surface area contributed by atoms with Crippen molar-refractivity contribution in [3.8, 4) is 18.4 Å². The molecule has 218 valence electrons. The molecule has 5 heteroatoms. The van der Waals surface area contributed by atoms with E-state index in [4.69, 9.17) is 11.7 Å². The highest BCUT2D eigenvalue weighted by molar-refractivity contribution is 5.63. The van der Waals surface area contributed by atoms with E-state index < -0.39 is 0 Å². The van der Waals surface area contributed by atoms with E-state index in [1.807, 2.05) is 108 Å². The molecule has 0 aliphatic rings. The molecule has 1 aromatic heterocycles. The summed E-state index contributed by atoms with van der Waals surface area (Å²) in [6.45, 7) is 15.3. The van der Waals surface area contributed by atoms with Crippen molar-refractivity contribution in [2.45, 2.75) is 73.1 Å². The Morgan fingerprint density at radius 1 is 0.875 bits per heavy atom. The minimum Gasteiger partial charge on any atom is -0.382 e. The zero-order chi connectivity index (χ0) is 30.3. The molecule has 3 rings (SSSR count). The van der Waals surface area contributed by atoms with Crippen molar-refractivity contribution < 1.29 is 0 Å². The van der Waals surface area contributed by atoms with Crippen LogP contribution < -0.4 is 16.0 Å². The van der Waals surface area contributed by atoms with Crippen LogP contribution in [0, 0.1) is 23.7 Å². The van der Waals surface area contributed by atoms with Gasteiger partial charge in [0, 0.05) is 32.8 Å². The second-order valence-electron chi connectivity index (χ2n) is 8.23. The van der Waals surface area contributed by atoms with Crippen molar-refractivity contribution in [2.24, 2.45) is 0 Å². The Morgan fingerprint density at radius 3 is 1.98 bits per heavy atom. The molecule has 0 fully saturated rings. The van der Waals surface area contributed by atoms with E-state index in [0.717, 1.165) is 44.0 Å². The zero-order valence-electron chi connectivity index (χ0n) is 26.0. The fourth-order valence-corrected chi connectivity index (χ4v) is 3.17. The molecule has 5 nitrogen and oxygen atoms in total. The number of nitrogens with zero attached hydrogens (tertiary/aromatic N) is 2. The van der Waals surface area contributed by atoms with Crippen molar-refractivity contribution in [1.82, 2.24) is 10.3 Å². The second-order valence-corrected chi connectivity index (χ2v) is 8.23. The molecule has 3 aromatic rings. The van der Waals surface area contributed by atoms with Gasteiger partial charge < -0.3 is 16.0 Å². The maximum Gasteiger partial charge on any atom is 0.149 e. The van der Waals surface area contributed by atoms with Gasteiger partial charge in [0.05, 0.1) is 17.3 Å². The van der Waals surface area contributed by atoms with Crippen LogP contribution in [0.1, 0.15) is 84.3 Å². The van der Waals surface area contributed by atoms with E-state index in [2.05, 4.69) is 46.8 Å². The van der Waals surface area contributed by atoms with E-state index in [1.54, 1.807) is 6.20 Å². The van der Waals surface area contributed by atoms with E-state index in [-0.39, 0.29) is 0 Å². The lowest BCUT2D eigenvalue weighted by Gasteiger charge is -2.12. The zero-order valence-corrected chi connectivity index (χ0v) is 26.0. The van der Waals surface area contributed by atoms with Gasteiger partial charge in [0.25, 0.3) is 0 Å². The predicted octanol–water partition coefficient (Wildman–Crippen LogP) is 8.74. The standard InChI is InChI=1S/C15H18N2.C10H17N3.C6H6.2C2H6/c1-3-4-5-10-17-12-13(2)15-8-6-14(11-16)7-9-15;1-3-4-7-12-9-6-5-8-13-10(9)11-2;1-2-4-6-5-3-1;2*1-2/h1,6-9,13,17H,4-5,10,12H2,2H3;5-6,8,12H,3-4,7H2,1-2H3,(H,11,13);1-6H;2*1-2H3. The second kappa shape index (κ2) is 29.8. The number of hydrogen-bond donors (Lipinski definition) is 3. The first-order valence-corrected chi connectivity index (χ1v) is 14.7. The molecule has 1 unspecified atom stereocenters. The molecule has 0 saturated heterocycles. The molecule has 0 aliphatic heterocycles. The minimum atomic E-state index is 0.452. The molecular weight excluding hydrogens is 490 g/mol. The molecule has 0 aliphatic carbocycles. The summed E-state index contributed by atoms with van der Waals surface area (Å²) in [7, 11) is 1.88. The van der Waals surface area contributed by atoms with Crippen LogP contribution in [0.25, 0.3) is 0 Å². The SMILES string of the molecule is C#CCCCNCC(C)c1ccc(C#N)cc1.CC.CC.CCCCNc1cccnc1NC.c1ccccc1. The molecule has 0 amide bonds. The van der Waals surface area contributed by atoms with E-state index >= 15 is 0 Å². The third kappa shape index (κ3) is 20.2. The van der Waals surface area contributed by atoms with Crippen LogP contribution in [0.15, 0.2) is 79.0 Å². The highest BCUT2D eigenvalue weighted by Crippen LogP contribution is 2.16. The molecule has 0 saturated carbocycles. The number of nitrogens with one attached hydrogen (secondary N) is 3. The topological polar surface area (TPSA) is 72.8 Å². The Hall–Kier alpha value is -3.80. The highest BCUT2D eigenvalue weighted by atomic mass is 15.0. The van der Waals surface area contributed by atoms with Crippen molar-refractivity contribution in [2.75, 3.05) is 37.3 Å². The lowest BCUT2D eigenvalue weighted by Crippen LogP contribution is -2.21. The van der Waals surface area contributed by atoms with Gasteiger partial charge in [0.15, 0.2) is 0 Å². The summed E-state index contributed by atoms with van der Waals surface area (Å²) < 4.78 is 0. The van der Waals surface area contributed by atoms with Crippen LogP contribution in [-0.4, -0.2) is 31.7 Å². The van der Waals surface area contributed by atoms with Gasteiger partial charge in [-0.3, -0.25) is 0 Å². The molecule has 1 heterocycles. The van der Waals surface area contributed by atoms with Gasteiger partial charge in [-0.05, 0) is 55.1 Å². The van der Waals surface area contributed by atoms with E-state index in [1.165, 1.54) is 18.4 Å². The molecule has 40 heavy (non-hydrogen) atoms. The molecule has 0 radical (unpaired) electrons. The van der Waals surface area contributed by atoms with Crippen molar-refractivity contribution in [3.05, 3.63) is 90.1 Å². The van der Waals surface area contributed by atoms with E-state index in [0.29, 0.717) is 11.5 Å². The number of anilines is 2. The van der Waals surface area contributed by atoms with Crippen molar-refractivity contribution in [1.29, 1.82) is 5.26 Å². The third-order valence-corrected chi connectivity index (χ3v) is 5.29.